The van der Waals surface area contributed by atoms with E-state index in [1.165, 1.54) is 30.9 Å². The Hall–Kier alpha value is -1.38. The van der Waals surface area contributed by atoms with Gasteiger partial charge < -0.3 is 0 Å². The molecule has 0 spiro atoms. The van der Waals surface area contributed by atoms with E-state index in [1.807, 2.05) is 22.7 Å². The Morgan fingerprint density at radius 3 is 1.50 bits per heavy atom. The molecule has 0 fully saturated rings. The molecule has 4 heteroatoms. The third kappa shape index (κ3) is 1.80. The Bertz CT molecular complexity index is 1510. The second kappa shape index (κ2) is 5.11. The zero-order valence-electron chi connectivity index (χ0n) is 13.4. The molecule has 0 amide bonds. The van der Waals surface area contributed by atoms with Crippen LogP contribution in [0.15, 0.2) is 60.7 Å². The van der Waals surface area contributed by atoms with Crippen LogP contribution in [0.1, 0.15) is 0 Å². The normalized spacial score (nSPS) is 12.6. The van der Waals surface area contributed by atoms with Gasteiger partial charge in [0.25, 0.3) is 0 Å². The van der Waals surface area contributed by atoms with E-state index in [0.717, 1.165) is 0 Å². The Labute approximate surface area is 168 Å². The molecule has 7 rings (SSSR count). The Balaban J connectivity index is 1.67. The van der Waals surface area contributed by atoms with E-state index in [9.17, 15) is 0 Å². The Kier molecular flexibility index (Phi) is 2.88. The molecule has 0 N–H and O–H groups in total. The summed E-state index contributed by atoms with van der Waals surface area (Å²) < 4.78 is 12.4. The van der Waals surface area contributed by atoms with Gasteiger partial charge in [0.1, 0.15) is 0 Å². The monoisotopic (exact) mass is 498 g/mol. The molecule has 0 unspecified atom stereocenters. The van der Waals surface area contributed by atoms with Gasteiger partial charge in [-0.25, -0.2) is 0 Å². The first-order valence-corrected chi connectivity index (χ1v) is 13.5. The summed E-state index contributed by atoms with van der Waals surface area (Å²) >= 11 is 4.85. The second-order valence-corrected chi connectivity index (χ2v) is 13.1. The molecule has 0 saturated heterocycles. The third-order valence-electron chi connectivity index (χ3n) is 5.09. The van der Waals surface area contributed by atoms with Crippen LogP contribution in [0.5, 0.6) is 0 Å². The van der Waals surface area contributed by atoms with Gasteiger partial charge in [0.05, 0.1) is 0 Å². The summed E-state index contributed by atoms with van der Waals surface area (Å²) in [6.07, 6.45) is 0. The van der Waals surface area contributed by atoms with Crippen molar-refractivity contribution >= 4 is 109 Å². The van der Waals surface area contributed by atoms with E-state index in [2.05, 4.69) is 60.7 Å². The molecule has 0 atom stereocenters. The molecular formula is C22H10S2Se2. The van der Waals surface area contributed by atoms with E-state index in [1.54, 1.807) is 26.4 Å². The maximum atomic E-state index is 2.54. The van der Waals surface area contributed by atoms with E-state index in [4.69, 9.17) is 0 Å². The van der Waals surface area contributed by atoms with Crippen molar-refractivity contribution in [3.63, 3.8) is 0 Å². The van der Waals surface area contributed by atoms with Crippen molar-refractivity contribution in [2.75, 3.05) is 0 Å². The van der Waals surface area contributed by atoms with Gasteiger partial charge in [0.15, 0.2) is 0 Å². The molecular weight excluding hydrogens is 486 g/mol. The van der Waals surface area contributed by atoms with Gasteiger partial charge in [-0.3, -0.25) is 0 Å². The molecule has 0 bridgehead atoms. The second-order valence-electron chi connectivity index (χ2n) is 6.56. The molecule has 4 heterocycles. The number of rotatable bonds is 0. The average molecular weight is 496 g/mol. The zero-order valence-corrected chi connectivity index (χ0v) is 18.5. The van der Waals surface area contributed by atoms with Crippen LogP contribution in [0.25, 0.3) is 57.4 Å². The summed E-state index contributed by atoms with van der Waals surface area (Å²) in [5.74, 6) is 0. The quantitative estimate of drug-likeness (QED) is 0.202. The molecule has 0 aliphatic rings. The SMILES string of the molecule is c1ccc2c(c1)sc1c3cc4[se]c5c6ccccc6sc5c4cc3[se]c21. The van der Waals surface area contributed by atoms with Crippen molar-refractivity contribution < 1.29 is 0 Å². The molecule has 122 valence electrons. The van der Waals surface area contributed by atoms with Crippen LogP contribution in [-0.2, 0) is 0 Å². The van der Waals surface area contributed by atoms with Gasteiger partial charge in [0.2, 0.25) is 0 Å². The fraction of sp³-hybridized carbons (Fsp3) is 0. The van der Waals surface area contributed by atoms with E-state index >= 15 is 0 Å². The minimum absolute atomic E-state index is 0.436. The molecule has 0 saturated carbocycles. The van der Waals surface area contributed by atoms with Crippen molar-refractivity contribution in [3.8, 4) is 0 Å². The van der Waals surface area contributed by atoms with Gasteiger partial charge in [0, 0.05) is 0 Å². The summed E-state index contributed by atoms with van der Waals surface area (Å²) in [7, 11) is 0. The first-order valence-electron chi connectivity index (χ1n) is 8.44. The zero-order chi connectivity index (χ0) is 16.8. The molecule has 3 aromatic carbocycles. The summed E-state index contributed by atoms with van der Waals surface area (Å²) in [4.78, 5) is 0. The molecule has 0 nitrogen and oxygen atoms in total. The van der Waals surface area contributed by atoms with Crippen molar-refractivity contribution in [2.24, 2.45) is 0 Å². The summed E-state index contributed by atoms with van der Waals surface area (Å²) in [5, 5.41) is 6.02. The third-order valence-corrected chi connectivity index (χ3v) is 13.1. The van der Waals surface area contributed by atoms with E-state index in [-0.39, 0.29) is 0 Å². The molecule has 0 radical (unpaired) electrons. The Morgan fingerprint density at radius 2 is 1.00 bits per heavy atom. The van der Waals surface area contributed by atoms with E-state index in [0.29, 0.717) is 29.0 Å². The maximum absolute atomic E-state index is 2.54. The summed E-state index contributed by atoms with van der Waals surface area (Å²) in [5.41, 5.74) is 0. The topological polar surface area (TPSA) is 0 Å². The van der Waals surface area contributed by atoms with Crippen molar-refractivity contribution in [1.82, 2.24) is 0 Å². The minimum atomic E-state index is 0.436. The van der Waals surface area contributed by atoms with Crippen LogP contribution in [-0.4, -0.2) is 29.0 Å². The first-order chi connectivity index (χ1) is 12.9. The molecule has 0 aliphatic heterocycles. The van der Waals surface area contributed by atoms with Crippen LogP contribution in [0.4, 0.5) is 0 Å². The molecule has 7 aromatic rings. The van der Waals surface area contributed by atoms with Crippen LogP contribution in [0, 0.1) is 0 Å². The Morgan fingerprint density at radius 1 is 0.538 bits per heavy atom. The number of hydrogen-bond acceptors (Lipinski definition) is 2. The predicted octanol–water partition coefficient (Wildman–Crippen LogP) is 6.84. The number of thiophene rings is 2. The van der Waals surface area contributed by atoms with Crippen LogP contribution in [0.3, 0.4) is 0 Å². The van der Waals surface area contributed by atoms with Gasteiger partial charge in [-0.15, -0.1) is 0 Å². The van der Waals surface area contributed by atoms with Crippen molar-refractivity contribution in [2.45, 2.75) is 0 Å². The van der Waals surface area contributed by atoms with Crippen LogP contribution in [0.2, 0.25) is 0 Å². The average Bonchev–Trinajstić information content (AvgIpc) is 3.38. The molecule has 26 heavy (non-hydrogen) atoms. The number of benzene rings is 3. The number of hydrogen-bond donors (Lipinski definition) is 0. The van der Waals surface area contributed by atoms with Crippen molar-refractivity contribution in [3.05, 3.63) is 60.7 Å². The van der Waals surface area contributed by atoms with E-state index < -0.39 is 0 Å². The fourth-order valence-corrected chi connectivity index (χ4v) is 12.6. The summed E-state index contributed by atoms with van der Waals surface area (Å²) in [6.45, 7) is 0. The summed E-state index contributed by atoms with van der Waals surface area (Å²) in [6, 6.07) is 22.9. The van der Waals surface area contributed by atoms with Gasteiger partial charge in [-0.2, -0.15) is 0 Å². The van der Waals surface area contributed by atoms with Crippen LogP contribution < -0.4 is 0 Å². The van der Waals surface area contributed by atoms with Crippen LogP contribution >= 0.6 is 22.7 Å². The van der Waals surface area contributed by atoms with Crippen molar-refractivity contribution in [1.29, 1.82) is 0 Å². The standard InChI is InChI=1S/C22H10S2Se2/c1-3-7-15-11(5-1)21-19(23-15)13-9-18-14(10-17(13)25-21)20-22(26-18)12-6-2-4-8-16(12)24-20/h1-10H. The molecule has 0 aliphatic carbocycles. The molecule has 4 aromatic heterocycles. The first kappa shape index (κ1) is 14.6. The van der Waals surface area contributed by atoms with Gasteiger partial charge in [-0.05, 0) is 0 Å². The number of fused-ring (bicyclic) bond motifs is 10. The van der Waals surface area contributed by atoms with Gasteiger partial charge >= 0.3 is 170 Å². The predicted molar refractivity (Wildman–Crippen MR) is 121 cm³/mol. The van der Waals surface area contributed by atoms with Gasteiger partial charge in [-0.1, -0.05) is 0 Å². The fourth-order valence-electron chi connectivity index (χ4n) is 3.90.